The second-order valence-corrected chi connectivity index (χ2v) is 4.81. The number of methoxy groups -OCH3 is 1. The fourth-order valence-electron chi connectivity index (χ4n) is 1.66. The summed E-state index contributed by atoms with van der Waals surface area (Å²) in [5, 5.41) is 3.22. The van der Waals surface area contributed by atoms with Crippen molar-refractivity contribution in [1.82, 2.24) is 5.32 Å². The van der Waals surface area contributed by atoms with Gasteiger partial charge in [0.2, 0.25) is 0 Å². The Hall–Kier alpha value is -1.29. The van der Waals surface area contributed by atoms with Crippen LogP contribution in [-0.2, 0) is 0 Å². The van der Waals surface area contributed by atoms with E-state index >= 15 is 0 Å². The molecule has 4 heteroatoms. The van der Waals surface area contributed by atoms with Crippen LogP contribution in [0.25, 0.3) is 0 Å². The van der Waals surface area contributed by atoms with Crippen LogP contribution in [0.3, 0.4) is 0 Å². The second-order valence-electron chi connectivity index (χ2n) is 4.81. The van der Waals surface area contributed by atoms with Crippen molar-refractivity contribution in [2.24, 2.45) is 0 Å². The number of likely N-dealkylation sites (N-methyl/N-ethyl adjacent to an activating group) is 2. The monoisotopic (exact) mass is 240 g/mol. The number of anilines is 1. The molecule has 1 aromatic rings. The van der Waals surface area contributed by atoms with Crippen molar-refractivity contribution in [2.45, 2.75) is 19.4 Å². The summed E-state index contributed by atoms with van der Waals surface area (Å²) in [7, 11) is 5.33. The van der Waals surface area contributed by atoms with E-state index in [4.69, 9.17) is 4.74 Å². The van der Waals surface area contributed by atoms with Gasteiger partial charge in [0.1, 0.15) is 0 Å². The van der Waals surface area contributed by atoms with E-state index in [0.717, 1.165) is 12.2 Å². The first kappa shape index (κ1) is 13.8. The first-order chi connectivity index (χ1) is 7.89. The Kier molecular flexibility index (Phi) is 4.34. The zero-order valence-electron chi connectivity index (χ0n) is 11.2. The van der Waals surface area contributed by atoms with Crippen molar-refractivity contribution in [3.63, 3.8) is 0 Å². The largest absolute Gasteiger partial charge is 0.494 e. The molecule has 0 aliphatic heterocycles. The molecule has 1 aromatic carbocycles. The lowest BCUT2D eigenvalue weighted by Crippen LogP contribution is -2.46. The van der Waals surface area contributed by atoms with Crippen LogP contribution in [0.15, 0.2) is 18.2 Å². The molecule has 1 rings (SSSR count). The van der Waals surface area contributed by atoms with Gasteiger partial charge in [0, 0.05) is 30.9 Å². The maximum Gasteiger partial charge on any atom is 0.167 e. The van der Waals surface area contributed by atoms with Gasteiger partial charge in [-0.2, -0.15) is 0 Å². The third-order valence-corrected chi connectivity index (χ3v) is 2.89. The van der Waals surface area contributed by atoms with Gasteiger partial charge in [-0.3, -0.25) is 0 Å². The lowest BCUT2D eigenvalue weighted by Gasteiger charge is -2.31. The molecule has 0 saturated carbocycles. The van der Waals surface area contributed by atoms with Gasteiger partial charge in [-0.15, -0.1) is 0 Å². The van der Waals surface area contributed by atoms with Gasteiger partial charge in [0.05, 0.1) is 7.11 Å². The molecule has 0 radical (unpaired) electrons. The molecule has 0 heterocycles. The zero-order chi connectivity index (χ0) is 13.1. The summed E-state index contributed by atoms with van der Waals surface area (Å²) >= 11 is 0. The zero-order valence-corrected chi connectivity index (χ0v) is 11.2. The molecular formula is C13H21FN2O. The maximum atomic E-state index is 13.6. The first-order valence-corrected chi connectivity index (χ1v) is 5.63. The molecule has 96 valence electrons. The van der Waals surface area contributed by atoms with Gasteiger partial charge in [0.15, 0.2) is 11.6 Å². The molecule has 3 nitrogen and oxygen atoms in total. The van der Waals surface area contributed by atoms with E-state index in [1.54, 1.807) is 6.07 Å². The summed E-state index contributed by atoms with van der Waals surface area (Å²) in [6, 6.07) is 4.99. The standard InChI is InChI=1S/C13H21FN2O/c1-13(2,15-3)9-16(4)10-6-7-12(17-5)11(14)8-10/h6-8,15H,9H2,1-5H3. The van der Waals surface area contributed by atoms with Crippen molar-refractivity contribution in [3.05, 3.63) is 24.0 Å². The van der Waals surface area contributed by atoms with Crippen molar-refractivity contribution < 1.29 is 9.13 Å². The van der Waals surface area contributed by atoms with Crippen molar-refractivity contribution >= 4 is 5.69 Å². The molecule has 0 saturated heterocycles. The van der Waals surface area contributed by atoms with Gasteiger partial charge in [-0.25, -0.2) is 4.39 Å². The number of nitrogens with one attached hydrogen (secondary N) is 1. The minimum Gasteiger partial charge on any atom is -0.494 e. The molecule has 0 aliphatic rings. The van der Waals surface area contributed by atoms with Gasteiger partial charge >= 0.3 is 0 Å². The van der Waals surface area contributed by atoms with E-state index < -0.39 is 0 Å². The Morgan fingerprint density at radius 2 is 2.06 bits per heavy atom. The normalized spacial score (nSPS) is 11.4. The molecular weight excluding hydrogens is 219 g/mol. The molecule has 17 heavy (non-hydrogen) atoms. The highest BCUT2D eigenvalue weighted by Gasteiger charge is 2.18. The third kappa shape index (κ3) is 3.60. The van der Waals surface area contributed by atoms with Gasteiger partial charge in [-0.05, 0) is 33.0 Å². The lowest BCUT2D eigenvalue weighted by atomic mass is 10.1. The summed E-state index contributed by atoms with van der Waals surface area (Å²) in [4.78, 5) is 2.01. The molecule has 1 N–H and O–H groups in total. The Labute approximate surface area is 103 Å². The minimum absolute atomic E-state index is 0.0227. The minimum atomic E-state index is -0.334. The molecule has 0 spiro atoms. The van der Waals surface area contributed by atoms with E-state index in [1.165, 1.54) is 13.2 Å². The number of benzene rings is 1. The molecule has 0 atom stereocenters. The Morgan fingerprint density at radius 3 is 2.53 bits per heavy atom. The van der Waals surface area contributed by atoms with Crippen molar-refractivity contribution in [2.75, 3.05) is 32.6 Å². The average molecular weight is 240 g/mol. The Morgan fingerprint density at radius 1 is 1.41 bits per heavy atom. The predicted molar refractivity (Wildman–Crippen MR) is 69.4 cm³/mol. The van der Waals surface area contributed by atoms with Crippen LogP contribution in [0, 0.1) is 5.82 Å². The summed E-state index contributed by atoms with van der Waals surface area (Å²) in [6.45, 7) is 4.99. The average Bonchev–Trinajstić information content (AvgIpc) is 2.28. The number of hydrogen-bond acceptors (Lipinski definition) is 3. The van der Waals surface area contributed by atoms with Gasteiger partial charge in [0.25, 0.3) is 0 Å². The van der Waals surface area contributed by atoms with Crippen LogP contribution in [0.2, 0.25) is 0 Å². The number of halogens is 1. The smallest absolute Gasteiger partial charge is 0.167 e. The van der Waals surface area contributed by atoms with Gasteiger partial charge < -0.3 is 15.0 Å². The molecule has 0 bridgehead atoms. The summed E-state index contributed by atoms with van der Waals surface area (Å²) < 4.78 is 18.5. The third-order valence-electron chi connectivity index (χ3n) is 2.89. The number of rotatable bonds is 5. The van der Waals surface area contributed by atoms with Crippen LogP contribution >= 0.6 is 0 Å². The second kappa shape index (κ2) is 5.36. The number of hydrogen-bond donors (Lipinski definition) is 1. The van der Waals surface area contributed by atoms with Crippen LogP contribution < -0.4 is 15.0 Å². The number of nitrogens with zero attached hydrogens (tertiary/aromatic N) is 1. The molecule has 0 unspecified atom stereocenters. The summed E-state index contributed by atoms with van der Waals surface area (Å²) in [5.41, 5.74) is 0.817. The van der Waals surface area contributed by atoms with Crippen LogP contribution in [0.1, 0.15) is 13.8 Å². The Bertz CT molecular complexity index is 380. The first-order valence-electron chi connectivity index (χ1n) is 5.63. The van der Waals surface area contributed by atoms with Gasteiger partial charge in [-0.1, -0.05) is 0 Å². The van der Waals surface area contributed by atoms with E-state index in [2.05, 4.69) is 19.2 Å². The number of ether oxygens (including phenoxy) is 1. The maximum absolute atomic E-state index is 13.6. The SMILES string of the molecule is CNC(C)(C)CN(C)c1ccc(OC)c(F)c1. The molecule has 0 aliphatic carbocycles. The highest BCUT2D eigenvalue weighted by atomic mass is 19.1. The highest BCUT2D eigenvalue weighted by Crippen LogP contribution is 2.23. The molecule has 0 aromatic heterocycles. The fraction of sp³-hybridized carbons (Fsp3) is 0.538. The fourth-order valence-corrected chi connectivity index (χ4v) is 1.66. The van der Waals surface area contributed by atoms with E-state index in [-0.39, 0.29) is 17.1 Å². The highest BCUT2D eigenvalue weighted by molar-refractivity contribution is 5.49. The van der Waals surface area contributed by atoms with E-state index in [9.17, 15) is 4.39 Å². The summed E-state index contributed by atoms with van der Waals surface area (Å²) in [6.07, 6.45) is 0. The Balaban J connectivity index is 2.83. The van der Waals surface area contributed by atoms with Crippen LogP contribution in [-0.4, -0.2) is 33.3 Å². The quantitative estimate of drug-likeness (QED) is 0.854. The van der Waals surface area contributed by atoms with E-state index in [1.807, 2.05) is 25.1 Å². The van der Waals surface area contributed by atoms with Crippen molar-refractivity contribution in [1.29, 1.82) is 0 Å². The van der Waals surface area contributed by atoms with E-state index in [0.29, 0.717) is 0 Å². The van der Waals surface area contributed by atoms with Crippen LogP contribution in [0.4, 0.5) is 10.1 Å². The topological polar surface area (TPSA) is 24.5 Å². The predicted octanol–water partition coefficient (Wildman–Crippen LogP) is 2.27. The summed E-state index contributed by atoms with van der Waals surface area (Å²) in [5.74, 6) is -0.0610. The van der Waals surface area contributed by atoms with Crippen LogP contribution in [0.5, 0.6) is 5.75 Å². The lowest BCUT2D eigenvalue weighted by molar-refractivity contribution is 0.386. The molecule has 0 amide bonds. The molecule has 0 fully saturated rings. The van der Waals surface area contributed by atoms with Crippen molar-refractivity contribution in [3.8, 4) is 5.75 Å².